The maximum absolute atomic E-state index is 10.7. The number of hydrogen-bond donors (Lipinski definition) is 2. The van der Waals surface area contributed by atoms with E-state index in [0.717, 1.165) is 0 Å². The van der Waals surface area contributed by atoms with Gasteiger partial charge in [0.1, 0.15) is 23.1 Å². The molecule has 0 aliphatic heterocycles. The van der Waals surface area contributed by atoms with Crippen molar-refractivity contribution in [2.75, 3.05) is 26.1 Å². The lowest BCUT2D eigenvalue weighted by molar-refractivity contribution is -0.136. The van der Waals surface area contributed by atoms with Crippen molar-refractivity contribution in [1.82, 2.24) is 4.98 Å². The SMILES string of the molecule is COc1cc(OC)c2ncc(C#N)c(NCCC(=O)O)c2c1. The van der Waals surface area contributed by atoms with Crippen molar-refractivity contribution in [1.29, 1.82) is 5.26 Å². The molecule has 114 valence electrons. The van der Waals surface area contributed by atoms with Crippen LogP contribution >= 0.6 is 0 Å². The van der Waals surface area contributed by atoms with E-state index in [1.807, 2.05) is 6.07 Å². The number of nitrogens with one attached hydrogen (secondary N) is 1. The number of methoxy groups -OCH3 is 2. The highest BCUT2D eigenvalue weighted by molar-refractivity contribution is 5.98. The van der Waals surface area contributed by atoms with Gasteiger partial charge in [-0.05, 0) is 6.07 Å². The van der Waals surface area contributed by atoms with Gasteiger partial charge in [0.05, 0.1) is 31.9 Å². The first-order valence-electron chi connectivity index (χ1n) is 6.51. The Morgan fingerprint density at radius 3 is 2.77 bits per heavy atom. The Morgan fingerprint density at radius 1 is 1.41 bits per heavy atom. The molecule has 0 bridgehead atoms. The van der Waals surface area contributed by atoms with Gasteiger partial charge in [0.25, 0.3) is 0 Å². The molecule has 2 aromatic rings. The molecule has 0 aliphatic carbocycles. The lowest BCUT2D eigenvalue weighted by atomic mass is 10.1. The van der Waals surface area contributed by atoms with Crippen LogP contribution in [-0.2, 0) is 4.79 Å². The number of benzene rings is 1. The summed E-state index contributed by atoms with van der Waals surface area (Å²) in [6.45, 7) is 0.197. The number of pyridine rings is 1. The van der Waals surface area contributed by atoms with Crippen molar-refractivity contribution in [2.24, 2.45) is 0 Å². The molecule has 0 amide bonds. The van der Waals surface area contributed by atoms with Crippen LogP contribution in [0.25, 0.3) is 10.9 Å². The van der Waals surface area contributed by atoms with Gasteiger partial charge < -0.3 is 19.9 Å². The second-order valence-electron chi connectivity index (χ2n) is 4.46. The highest BCUT2D eigenvalue weighted by Gasteiger charge is 2.14. The number of rotatable bonds is 6. The number of aliphatic carboxylic acids is 1. The summed E-state index contributed by atoms with van der Waals surface area (Å²) in [6.07, 6.45) is 1.37. The topological polar surface area (TPSA) is 104 Å². The molecule has 7 nitrogen and oxygen atoms in total. The number of nitrogens with zero attached hydrogens (tertiary/aromatic N) is 2. The highest BCUT2D eigenvalue weighted by Crippen LogP contribution is 2.35. The molecule has 1 aromatic heterocycles. The molecule has 0 fully saturated rings. The van der Waals surface area contributed by atoms with E-state index < -0.39 is 5.97 Å². The molecule has 0 unspecified atom stereocenters. The number of fused-ring (bicyclic) bond motifs is 1. The van der Waals surface area contributed by atoms with Gasteiger partial charge >= 0.3 is 5.97 Å². The molecule has 7 heteroatoms. The van der Waals surface area contributed by atoms with E-state index in [2.05, 4.69) is 10.3 Å². The zero-order valence-corrected chi connectivity index (χ0v) is 12.2. The molecule has 0 radical (unpaired) electrons. The van der Waals surface area contributed by atoms with Crippen LogP contribution in [0.1, 0.15) is 12.0 Å². The zero-order chi connectivity index (χ0) is 16.1. The molecule has 22 heavy (non-hydrogen) atoms. The molecule has 0 spiro atoms. The fourth-order valence-corrected chi connectivity index (χ4v) is 2.09. The normalized spacial score (nSPS) is 10.0. The van der Waals surface area contributed by atoms with Crippen LogP contribution in [0, 0.1) is 11.3 Å². The Labute approximate surface area is 127 Å². The predicted molar refractivity (Wildman–Crippen MR) is 80.3 cm³/mol. The Morgan fingerprint density at radius 2 is 2.18 bits per heavy atom. The molecular weight excluding hydrogens is 286 g/mol. The van der Waals surface area contributed by atoms with Gasteiger partial charge in [-0.1, -0.05) is 0 Å². The monoisotopic (exact) mass is 301 g/mol. The van der Waals surface area contributed by atoms with Gasteiger partial charge in [0.15, 0.2) is 0 Å². The van der Waals surface area contributed by atoms with E-state index in [-0.39, 0.29) is 13.0 Å². The summed E-state index contributed by atoms with van der Waals surface area (Å²) in [6, 6.07) is 5.47. The summed E-state index contributed by atoms with van der Waals surface area (Å²) in [5.41, 5.74) is 1.42. The minimum absolute atomic E-state index is 0.0597. The largest absolute Gasteiger partial charge is 0.497 e. The fraction of sp³-hybridized carbons (Fsp3) is 0.267. The van der Waals surface area contributed by atoms with Crippen molar-refractivity contribution in [3.63, 3.8) is 0 Å². The molecule has 0 saturated heterocycles. The first kappa shape index (κ1) is 15.4. The van der Waals surface area contributed by atoms with E-state index in [1.165, 1.54) is 20.4 Å². The number of carboxylic acid groups (broad SMARTS) is 1. The summed E-state index contributed by atoms with van der Waals surface area (Å²) in [4.78, 5) is 14.9. The molecule has 0 atom stereocenters. The summed E-state index contributed by atoms with van der Waals surface area (Å²) in [7, 11) is 3.05. The van der Waals surface area contributed by atoms with Crippen LogP contribution in [0.15, 0.2) is 18.3 Å². The van der Waals surface area contributed by atoms with Crippen molar-refractivity contribution >= 4 is 22.6 Å². The second-order valence-corrected chi connectivity index (χ2v) is 4.46. The number of anilines is 1. The van der Waals surface area contributed by atoms with Gasteiger partial charge in [-0.2, -0.15) is 5.26 Å². The lowest BCUT2D eigenvalue weighted by Crippen LogP contribution is -2.09. The van der Waals surface area contributed by atoms with Crippen molar-refractivity contribution in [3.8, 4) is 17.6 Å². The molecular formula is C15H15N3O4. The Balaban J connectivity index is 2.59. The minimum Gasteiger partial charge on any atom is -0.497 e. The Hall–Kier alpha value is -3.01. The van der Waals surface area contributed by atoms with Gasteiger partial charge in [-0.3, -0.25) is 9.78 Å². The number of hydrogen-bond acceptors (Lipinski definition) is 6. The second kappa shape index (κ2) is 6.63. The zero-order valence-electron chi connectivity index (χ0n) is 12.2. The molecule has 0 saturated carbocycles. The maximum atomic E-state index is 10.7. The van der Waals surface area contributed by atoms with Gasteiger partial charge in [-0.25, -0.2) is 0 Å². The van der Waals surface area contributed by atoms with E-state index in [9.17, 15) is 10.1 Å². The van der Waals surface area contributed by atoms with Crippen LogP contribution in [0.5, 0.6) is 11.5 Å². The highest BCUT2D eigenvalue weighted by atomic mass is 16.5. The van der Waals surface area contributed by atoms with E-state index in [1.54, 1.807) is 12.1 Å². The maximum Gasteiger partial charge on any atom is 0.305 e. The van der Waals surface area contributed by atoms with Crippen molar-refractivity contribution < 1.29 is 19.4 Å². The fourth-order valence-electron chi connectivity index (χ4n) is 2.09. The van der Waals surface area contributed by atoms with Crippen LogP contribution in [0.3, 0.4) is 0 Å². The standard InChI is InChI=1S/C15H15N3O4/c1-21-10-5-11-14(17-4-3-13(19)20)9(7-16)8-18-15(11)12(6-10)22-2/h5-6,8H,3-4H2,1-2H3,(H,17,18)(H,19,20). The third-order valence-corrected chi connectivity index (χ3v) is 3.13. The van der Waals surface area contributed by atoms with Crippen LogP contribution in [-0.4, -0.2) is 36.8 Å². The summed E-state index contributed by atoms with van der Waals surface area (Å²) in [5, 5.41) is 21.6. The van der Waals surface area contributed by atoms with Crippen molar-refractivity contribution in [2.45, 2.75) is 6.42 Å². The third kappa shape index (κ3) is 3.01. The minimum atomic E-state index is -0.917. The van der Waals surface area contributed by atoms with Crippen LogP contribution < -0.4 is 14.8 Å². The lowest BCUT2D eigenvalue weighted by Gasteiger charge is -2.13. The van der Waals surface area contributed by atoms with E-state index in [0.29, 0.717) is 33.7 Å². The number of aromatic nitrogens is 1. The number of carboxylic acids is 1. The Kier molecular flexibility index (Phi) is 4.63. The molecule has 1 heterocycles. The smallest absolute Gasteiger partial charge is 0.305 e. The number of carbonyl (C=O) groups is 1. The molecule has 2 N–H and O–H groups in total. The number of nitriles is 1. The Bertz CT molecular complexity index is 753. The van der Waals surface area contributed by atoms with Gasteiger partial charge in [0, 0.05) is 24.2 Å². The third-order valence-electron chi connectivity index (χ3n) is 3.13. The summed E-state index contributed by atoms with van der Waals surface area (Å²) >= 11 is 0. The van der Waals surface area contributed by atoms with Gasteiger partial charge in [0.2, 0.25) is 0 Å². The van der Waals surface area contributed by atoms with Gasteiger partial charge in [-0.15, -0.1) is 0 Å². The first-order chi connectivity index (χ1) is 10.6. The predicted octanol–water partition coefficient (Wildman–Crippen LogP) is 2.01. The molecule has 2 rings (SSSR count). The van der Waals surface area contributed by atoms with Crippen LogP contribution in [0.4, 0.5) is 5.69 Å². The van der Waals surface area contributed by atoms with E-state index in [4.69, 9.17) is 14.6 Å². The average Bonchev–Trinajstić information content (AvgIpc) is 2.53. The summed E-state index contributed by atoms with van der Waals surface area (Å²) in [5.74, 6) is 0.155. The summed E-state index contributed by atoms with van der Waals surface area (Å²) < 4.78 is 10.5. The van der Waals surface area contributed by atoms with Crippen LogP contribution in [0.2, 0.25) is 0 Å². The molecule has 0 aliphatic rings. The first-order valence-corrected chi connectivity index (χ1v) is 6.51. The molecule has 1 aromatic carbocycles. The quantitative estimate of drug-likeness (QED) is 0.840. The van der Waals surface area contributed by atoms with Crippen molar-refractivity contribution in [3.05, 3.63) is 23.9 Å². The van der Waals surface area contributed by atoms with E-state index >= 15 is 0 Å². The average molecular weight is 301 g/mol. The number of ether oxygens (including phenoxy) is 2.